The molecule has 0 spiro atoms. The third-order valence-electron chi connectivity index (χ3n) is 3.27. The van der Waals surface area contributed by atoms with Crippen LogP contribution in [-0.4, -0.2) is 32.6 Å². The molecule has 0 saturated carbocycles. The second kappa shape index (κ2) is 7.38. The van der Waals surface area contributed by atoms with E-state index in [-0.39, 0.29) is 22.1 Å². The summed E-state index contributed by atoms with van der Waals surface area (Å²) in [7, 11) is -0.748. The average Bonchev–Trinajstić information content (AvgIpc) is 2.55. The summed E-state index contributed by atoms with van der Waals surface area (Å²) in [4.78, 5) is 12.3. The van der Waals surface area contributed by atoms with Crippen molar-refractivity contribution in [1.82, 2.24) is 4.31 Å². The van der Waals surface area contributed by atoms with Crippen LogP contribution in [0.25, 0.3) is 6.08 Å². The Bertz CT molecular complexity index is 908. The molecule has 0 aliphatic carbocycles. The van der Waals surface area contributed by atoms with E-state index in [1.165, 1.54) is 50.5 Å². The van der Waals surface area contributed by atoms with Crippen LogP contribution >= 0.6 is 15.9 Å². The van der Waals surface area contributed by atoms with Gasteiger partial charge in [-0.1, -0.05) is 24.3 Å². The Kier molecular flexibility index (Phi) is 5.69. The lowest BCUT2D eigenvalue weighted by Crippen LogP contribution is -2.22. The van der Waals surface area contributed by atoms with E-state index in [9.17, 15) is 17.6 Å². The van der Waals surface area contributed by atoms with E-state index >= 15 is 0 Å². The lowest BCUT2D eigenvalue weighted by molar-refractivity contribution is 0.104. The molecule has 0 aromatic heterocycles. The van der Waals surface area contributed by atoms with Gasteiger partial charge in [0.1, 0.15) is 5.82 Å². The van der Waals surface area contributed by atoms with Crippen LogP contribution in [0, 0.1) is 5.82 Å². The number of nitrogens with zero attached hydrogens (tertiary/aromatic N) is 1. The minimum Gasteiger partial charge on any atom is -0.289 e. The lowest BCUT2D eigenvalue weighted by atomic mass is 10.1. The number of carbonyl (C=O) groups is 1. The van der Waals surface area contributed by atoms with E-state index in [4.69, 9.17) is 0 Å². The Morgan fingerprint density at radius 2 is 1.88 bits per heavy atom. The number of rotatable bonds is 5. The van der Waals surface area contributed by atoms with E-state index < -0.39 is 10.0 Å². The molecule has 0 amide bonds. The van der Waals surface area contributed by atoms with Crippen LogP contribution in [0.5, 0.6) is 0 Å². The van der Waals surface area contributed by atoms with Crippen molar-refractivity contribution in [1.29, 1.82) is 0 Å². The molecule has 126 valence electrons. The summed E-state index contributed by atoms with van der Waals surface area (Å²) in [5.41, 5.74) is 0.907. The van der Waals surface area contributed by atoms with Crippen LogP contribution in [0.4, 0.5) is 4.39 Å². The predicted octanol–water partition coefficient (Wildman–Crippen LogP) is 3.73. The van der Waals surface area contributed by atoms with Gasteiger partial charge in [0, 0.05) is 19.7 Å². The third-order valence-corrected chi connectivity index (χ3v) is 5.69. The van der Waals surface area contributed by atoms with Gasteiger partial charge in [-0.2, -0.15) is 0 Å². The second-order valence-corrected chi connectivity index (χ2v) is 8.19. The molecule has 0 bridgehead atoms. The van der Waals surface area contributed by atoms with Gasteiger partial charge in [0.05, 0.1) is 9.37 Å². The molecule has 2 aromatic rings. The topological polar surface area (TPSA) is 54.5 Å². The number of allylic oxidation sites excluding steroid dienone is 1. The van der Waals surface area contributed by atoms with Gasteiger partial charge in [0.2, 0.25) is 10.0 Å². The smallest absolute Gasteiger partial charge is 0.242 e. The van der Waals surface area contributed by atoms with Crippen LogP contribution in [-0.2, 0) is 10.0 Å². The maximum absolute atomic E-state index is 13.2. The van der Waals surface area contributed by atoms with E-state index in [0.717, 1.165) is 4.31 Å². The molecule has 0 N–H and O–H groups in total. The molecule has 7 heteroatoms. The van der Waals surface area contributed by atoms with Gasteiger partial charge >= 0.3 is 0 Å². The first kappa shape index (κ1) is 18.5. The molecule has 2 aromatic carbocycles. The maximum atomic E-state index is 13.2. The first-order valence-corrected chi connectivity index (χ1v) is 9.15. The van der Waals surface area contributed by atoms with Crippen LogP contribution in [0.1, 0.15) is 15.9 Å². The van der Waals surface area contributed by atoms with Crippen LogP contribution in [0.2, 0.25) is 0 Å². The number of sulfonamides is 1. The summed E-state index contributed by atoms with van der Waals surface area (Å²) in [5, 5.41) is 0. The van der Waals surface area contributed by atoms with E-state index in [1.54, 1.807) is 18.2 Å². The Labute approximate surface area is 148 Å². The SMILES string of the molecule is CN(C)S(=O)(=O)c1cccc(C(=O)/C=C/c2ccc(F)c(Br)c2)c1. The van der Waals surface area contributed by atoms with Gasteiger partial charge < -0.3 is 0 Å². The molecule has 0 unspecified atom stereocenters. The minimum absolute atomic E-state index is 0.0521. The molecule has 0 aliphatic rings. The first-order chi connectivity index (χ1) is 11.2. The molecule has 4 nitrogen and oxygen atoms in total. The highest BCUT2D eigenvalue weighted by atomic mass is 79.9. The number of hydrogen-bond acceptors (Lipinski definition) is 3. The van der Waals surface area contributed by atoms with Crippen molar-refractivity contribution in [3.05, 3.63) is 70.0 Å². The van der Waals surface area contributed by atoms with Gasteiger partial charge in [-0.25, -0.2) is 17.1 Å². The third kappa shape index (κ3) is 4.17. The van der Waals surface area contributed by atoms with Gasteiger partial charge in [-0.05, 0) is 51.8 Å². The highest BCUT2D eigenvalue weighted by Gasteiger charge is 2.18. The number of halogens is 2. The monoisotopic (exact) mass is 411 g/mol. The standard InChI is InChI=1S/C17H15BrFNO3S/c1-20(2)24(22,23)14-5-3-4-13(11-14)17(21)9-7-12-6-8-16(19)15(18)10-12/h3-11H,1-2H3/b9-7+. The fraction of sp³-hybridized carbons (Fsp3) is 0.118. The lowest BCUT2D eigenvalue weighted by Gasteiger charge is -2.11. The molecule has 0 heterocycles. The van der Waals surface area contributed by atoms with Gasteiger partial charge in [0.25, 0.3) is 0 Å². The molecule has 0 saturated heterocycles. The molecule has 0 radical (unpaired) electrons. The molecule has 0 aliphatic heterocycles. The zero-order valence-electron chi connectivity index (χ0n) is 13.0. The summed E-state index contributed by atoms with van der Waals surface area (Å²) in [6.45, 7) is 0. The van der Waals surface area contributed by atoms with Crippen molar-refractivity contribution in [2.75, 3.05) is 14.1 Å². The van der Waals surface area contributed by atoms with Crippen molar-refractivity contribution < 1.29 is 17.6 Å². The fourth-order valence-electron chi connectivity index (χ4n) is 1.90. The molecule has 24 heavy (non-hydrogen) atoms. The van der Waals surface area contributed by atoms with Crippen molar-refractivity contribution in [2.45, 2.75) is 4.90 Å². The van der Waals surface area contributed by atoms with Crippen LogP contribution in [0.15, 0.2) is 57.9 Å². The highest BCUT2D eigenvalue weighted by molar-refractivity contribution is 9.10. The number of carbonyl (C=O) groups excluding carboxylic acids is 1. The minimum atomic E-state index is -3.60. The molecular weight excluding hydrogens is 397 g/mol. The normalized spacial score (nSPS) is 12.0. The van der Waals surface area contributed by atoms with Crippen molar-refractivity contribution >= 4 is 37.8 Å². The molecule has 0 atom stereocenters. The van der Waals surface area contributed by atoms with Crippen molar-refractivity contribution in [3.8, 4) is 0 Å². The Morgan fingerprint density at radius 3 is 2.50 bits per heavy atom. The Hall–Kier alpha value is -1.83. The molecular formula is C17H15BrFNO3S. The van der Waals surface area contributed by atoms with Crippen molar-refractivity contribution in [3.63, 3.8) is 0 Å². The quantitative estimate of drug-likeness (QED) is 0.556. The maximum Gasteiger partial charge on any atom is 0.242 e. The van der Waals surface area contributed by atoms with Crippen LogP contribution in [0.3, 0.4) is 0 Å². The first-order valence-electron chi connectivity index (χ1n) is 6.92. The highest BCUT2D eigenvalue weighted by Crippen LogP contribution is 2.19. The number of ketones is 1. The fourth-order valence-corrected chi connectivity index (χ4v) is 3.25. The Balaban J connectivity index is 2.27. The summed E-state index contributed by atoms with van der Waals surface area (Å²) < 4.78 is 38.8. The van der Waals surface area contributed by atoms with E-state index in [2.05, 4.69) is 15.9 Å². The zero-order valence-corrected chi connectivity index (χ0v) is 15.4. The largest absolute Gasteiger partial charge is 0.289 e. The average molecular weight is 412 g/mol. The van der Waals surface area contributed by atoms with Gasteiger partial charge in [-0.15, -0.1) is 0 Å². The Morgan fingerprint density at radius 1 is 1.17 bits per heavy atom. The predicted molar refractivity (Wildman–Crippen MR) is 94.8 cm³/mol. The second-order valence-electron chi connectivity index (χ2n) is 5.19. The summed E-state index contributed by atoms with van der Waals surface area (Å²) >= 11 is 3.08. The van der Waals surface area contributed by atoms with Gasteiger partial charge in [0.15, 0.2) is 5.78 Å². The number of benzene rings is 2. The number of hydrogen-bond donors (Lipinski definition) is 0. The summed E-state index contributed by atoms with van der Waals surface area (Å²) in [5.74, 6) is -0.730. The van der Waals surface area contributed by atoms with Gasteiger partial charge in [-0.3, -0.25) is 4.79 Å². The zero-order chi connectivity index (χ0) is 17.9. The van der Waals surface area contributed by atoms with E-state index in [1.807, 2.05) is 0 Å². The summed E-state index contributed by atoms with van der Waals surface area (Å²) in [6, 6.07) is 10.2. The summed E-state index contributed by atoms with van der Waals surface area (Å²) in [6.07, 6.45) is 2.86. The van der Waals surface area contributed by atoms with E-state index in [0.29, 0.717) is 10.0 Å². The molecule has 2 rings (SSSR count). The van der Waals surface area contributed by atoms with Crippen molar-refractivity contribution in [2.24, 2.45) is 0 Å². The molecule has 0 fully saturated rings. The van der Waals surface area contributed by atoms with Crippen LogP contribution < -0.4 is 0 Å².